The monoisotopic (exact) mass is 417 g/mol. The predicted octanol–water partition coefficient (Wildman–Crippen LogP) is 3.65. The van der Waals surface area contributed by atoms with Crippen LogP contribution in [0.5, 0.6) is 0 Å². The molecule has 2 aromatic heterocycles. The summed E-state index contributed by atoms with van der Waals surface area (Å²) in [5, 5.41) is 8.34. The first-order valence-electron chi connectivity index (χ1n) is 11.0. The number of amides is 2. The van der Waals surface area contributed by atoms with Gasteiger partial charge in [-0.2, -0.15) is 5.10 Å². The lowest BCUT2D eigenvalue weighted by molar-refractivity contribution is -0.121. The molecule has 3 aromatic rings. The third-order valence-corrected chi connectivity index (χ3v) is 6.41. The maximum Gasteiger partial charge on any atom is 0.254 e. The first-order valence-corrected chi connectivity index (χ1v) is 11.0. The summed E-state index contributed by atoms with van der Waals surface area (Å²) in [4.78, 5) is 32.8. The molecule has 31 heavy (non-hydrogen) atoms. The standard InChI is InChI=1S/C24H27N5O2/c1-15-21-19(14-20(16-8-9-16)26-22(21)28(2)27-15)24(31)29-12-10-17(11-13-29)23(30)25-18-6-4-3-5-7-18/h3-7,14,16-17H,8-13H2,1-2H3,(H,25,30). The molecule has 2 aliphatic rings. The van der Waals surface area contributed by atoms with E-state index in [0.717, 1.165) is 41.0 Å². The van der Waals surface area contributed by atoms with Gasteiger partial charge >= 0.3 is 0 Å². The quantitative estimate of drug-likeness (QED) is 0.703. The second-order valence-electron chi connectivity index (χ2n) is 8.70. The Balaban J connectivity index is 1.33. The van der Waals surface area contributed by atoms with E-state index in [4.69, 9.17) is 4.98 Å². The Kier molecular flexibility index (Phi) is 4.96. The van der Waals surface area contributed by atoms with Crippen molar-refractivity contribution in [3.05, 3.63) is 53.3 Å². The van der Waals surface area contributed by atoms with Crippen molar-refractivity contribution in [3.63, 3.8) is 0 Å². The Bertz CT molecular complexity index is 1140. The van der Waals surface area contributed by atoms with Gasteiger partial charge in [-0.25, -0.2) is 4.98 Å². The van der Waals surface area contributed by atoms with Gasteiger partial charge in [0.1, 0.15) is 0 Å². The fraction of sp³-hybridized carbons (Fsp3) is 0.417. The van der Waals surface area contributed by atoms with Crippen LogP contribution in [0.4, 0.5) is 5.69 Å². The smallest absolute Gasteiger partial charge is 0.254 e. The van der Waals surface area contributed by atoms with Gasteiger partial charge in [0.05, 0.1) is 16.6 Å². The molecule has 0 radical (unpaired) electrons. The molecule has 0 atom stereocenters. The molecule has 0 bridgehead atoms. The van der Waals surface area contributed by atoms with Crippen LogP contribution in [0.2, 0.25) is 0 Å². The molecular formula is C24H27N5O2. The molecule has 5 rings (SSSR count). The van der Waals surface area contributed by atoms with Crippen LogP contribution in [0.3, 0.4) is 0 Å². The van der Waals surface area contributed by atoms with Gasteiger partial charge in [0.25, 0.3) is 5.91 Å². The summed E-state index contributed by atoms with van der Waals surface area (Å²) in [6, 6.07) is 11.5. The normalized spacial score (nSPS) is 17.2. The van der Waals surface area contributed by atoms with Crippen molar-refractivity contribution in [1.82, 2.24) is 19.7 Å². The minimum atomic E-state index is -0.0798. The summed E-state index contributed by atoms with van der Waals surface area (Å²) in [7, 11) is 1.88. The Morgan fingerprint density at radius 2 is 1.77 bits per heavy atom. The third-order valence-electron chi connectivity index (χ3n) is 6.41. The molecule has 0 spiro atoms. The van der Waals surface area contributed by atoms with Gasteiger partial charge in [-0.3, -0.25) is 14.3 Å². The van der Waals surface area contributed by atoms with E-state index in [1.807, 2.05) is 55.3 Å². The number of hydrogen-bond donors (Lipinski definition) is 1. The SMILES string of the molecule is Cc1nn(C)c2nc(C3CC3)cc(C(=O)N3CCC(C(=O)Nc4ccccc4)CC3)c12. The maximum atomic E-state index is 13.5. The number of piperidine rings is 1. The number of carbonyl (C=O) groups excluding carboxylic acids is 2. The van der Waals surface area contributed by atoms with E-state index in [9.17, 15) is 9.59 Å². The molecule has 1 N–H and O–H groups in total. The number of likely N-dealkylation sites (tertiary alicyclic amines) is 1. The summed E-state index contributed by atoms with van der Waals surface area (Å²) < 4.78 is 1.77. The Labute approximate surface area is 181 Å². The van der Waals surface area contributed by atoms with Crippen LogP contribution in [0.1, 0.15) is 53.3 Å². The van der Waals surface area contributed by atoms with E-state index in [1.165, 1.54) is 0 Å². The van der Waals surface area contributed by atoms with Crippen LogP contribution >= 0.6 is 0 Å². The number of para-hydroxylation sites is 1. The molecule has 0 unspecified atom stereocenters. The first kappa shape index (κ1) is 19.7. The minimum absolute atomic E-state index is 0.0207. The van der Waals surface area contributed by atoms with Crippen LogP contribution in [0.25, 0.3) is 11.0 Å². The summed E-state index contributed by atoms with van der Waals surface area (Å²) in [5.74, 6) is 0.429. The van der Waals surface area contributed by atoms with Crippen molar-refractivity contribution < 1.29 is 9.59 Å². The van der Waals surface area contributed by atoms with Crippen molar-refractivity contribution in [1.29, 1.82) is 0 Å². The van der Waals surface area contributed by atoms with E-state index >= 15 is 0 Å². The number of nitrogens with one attached hydrogen (secondary N) is 1. The van der Waals surface area contributed by atoms with Gasteiger partial charge in [-0.05, 0) is 50.8 Å². The highest BCUT2D eigenvalue weighted by Crippen LogP contribution is 2.40. The Morgan fingerprint density at radius 1 is 1.06 bits per heavy atom. The number of benzene rings is 1. The number of fused-ring (bicyclic) bond motifs is 1. The molecule has 2 fully saturated rings. The van der Waals surface area contributed by atoms with Crippen LogP contribution < -0.4 is 5.32 Å². The third kappa shape index (κ3) is 3.80. The first-order chi connectivity index (χ1) is 15.0. The molecule has 7 heteroatoms. The summed E-state index contributed by atoms with van der Waals surface area (Å²) in [6.45, 7) is 3.08. The molecule has 2 amide bonds. The van der Waals surface area contributed by atoms with Crippen LogP contribution in [0.15, 0.2) is 36.4 Å². The molecule has 1 aromatic carbocycles. The number of aromatic nitrogens is 3. The summed E-state index contributed by atoms with van der Waals surface area (Å²) in [6.07, 6.45) is 3.59. The Morgan fingerprint density at radius 3 is 2.45 bits per heavy atom. The van der Waals surface area contributed by atoms with E-state index in [0.29, 0.717) is 37.4 Å². The van der Waals surface area contributed by atoms with Crippen LogP contribution in [-0.2, 0) is 11.8 Å². The number of nitrogens with zero attached hydrogens (tertiary/aromatic N) is 4. The van der Waals surface area contributed by atoms with Gasteiger partial charge < -0.3 is 10.2 Å². The molecule has 7 nitrogen and oxygen atoms in total. The van der Waals surface area contributed by atoms with Gasteiger partial charge in [0.15, 0.2) is 5.65 Å². The lowest BCUT2D eigenvalue weighted by Crippen LogP contribution is -2.41. The van der Waals surface area contributed by atoms with Gasteiger partial charge in [-0.1, -0.05) is 18.2 Å². The maximum absolute atomic E-state index is 13.5. The Hall–Kier alpha value is -3.22. The van der Waals surface area contributed by atoms with E-state index in [1.54, 1.807) is 4.68 Å². The van der Waals surface area contributed by atoms with Gasteiger partial charge in [-0.15, -0.1) is 0 Å². The van der Waals surface area contributed by atoms with E-state index in [-0.39, 0.29) is 17.7 Å². The largest absolute Gasteiger partial charge is 0.339 e. The van der Waals surface area contributed by atoms with Crippen molar-refractivity contribution in [2.24, 2.45) is 13.0 Å². The molecule has 160 valence electrons. The zero-order valence-electron chi connectivity index (χ0n) is 18.0. The molecule has 1 saturated heterocycles. The lowest BCUT2D eigenvalue weighted by atomic mass is 9.95. The zero-order valence-corrected chi connectivity index (χ0v) is 18.0. The highest BCUT2D eigenvalue weighted by Gasteiger charge is 2.32. The second kappa shape index (κ2) is 7.80. The van der Waals surface area contributed by atoms with E-state index in [2.05, 4.69) is 10.4 Å². The number of hydrogen-bond acceptors (Lipinski definition) is 4. The van der Waals surface area contributed by atoms with Crippen LogP contribution in [-0.4, -0.2) is 44.6 Å². The average Bonchev–Trinajstić information content (AvgIpc) is 3.60. The van der Waals surface area contributed by atoms with Crippen molar-refractivity contribution in [3.8, 4) is 0 Å². The average molecular weight is 418 g/mol. The predicted molar refractivity (Wildman–Crippen MR) is 119 cm³/mol. The fourth-order valence-electron chi connectivity index (χ4n) is 4.50. The zero-order chi connectivity index (χ0) is 21.5. The highest BCUT2D eigenvalue weighted by atomic mass is 16.2. The molecular weight excluding hydrogens is 390 g/mol. The second-order valence-corrected chi connectivity index (χ2v) is 8.70. The van der Waals surface area contributed by atoms with Crippen molar-refractivity contribution in [2.45, 2.75) is 38.5 Å². The fourth-order valence-corrected chi connectivity index (χ4v) is 4.50. The number of aryl methyl sites for hydroxylation is 2. The van der Waals surface area contributed by atoms with E-state index < -0.39 is 0 Å². The lowest BCUT2D eigenvalue weighted by Gasteiger charge is -2.31. The van der Waals surface area contributed by atoms with Crippen molar-refractivity contribution >= 4 is 28.5 Å². The number of rotatable bonds is 4. The molecule has 1 aliphatic carbocycles. The molecule has 1 saturated carbocycles. The van der Waals surface area contributed by atoms with Crippen LogP contribution in [0, 0.1) is 12.8 Å². The summed E-state index contributed by atoms with van der Waals surface area (Å²) >= 11 is 0. The number of pyridine rings is 1. The topological polar surface area (TPSA) is 80.1 Å². The minimum Gasteiger partial charge on any atom is -0.339 e. The van der Waals surface area contributed by atoms with Gasteiger partial charge in [0, 0.05) is 43.4 Å². The van der Waals surface area contributed by atoms with Crippen molar-refractivity contribution in [2.75, 3.05) is 18.4 Å². The highest BCUT2D eigenvalue weighted by molar-refractivity contribution is 6.06. The molecule has 1 aliphatic heterocycles. The number of anilines is 1. The van der Waals surface area contributed by atoms with Gasteiger partial charge in [0.2, 0.25) is 5.91 Å². The molecule has 3 heterocycles. The summed E-state index contributed by atoms with van der Waals surface area (Å²) in [5.41, 5.74) is 4.11. The number of carbonyl (C=O) groups is 2.